The van der Waals surface area contributed by atoms with E-state index in [-0.39, 0.29) is 0 Å². The van der Waals surface area contributed by atoms with Crippen LogP contribution in [-0.4, -0.2) is 4.98 Å². The number of rotatable bonds is 4. The minimum Gasteiger partial charge on any atom is -0.256 e. The molecule has 1 heterocycles. The first-order chi connectivity index (χ1) is 15.1. The second-order valence-electron chi connectivity index (χ2n) is 7.56. The maximum absolute atomic E-state index is 9.00. The highest BCUT2D eigenvalue weighted by Gasteiger charge is 2.10. The zero-order valence-corrected chi connectivity index (χ0v) is 16.9. The van der Waals surface area contributed by atoms with E-state index in [2.05, 4.69) is 71.7 Å². The smallest absolute Gasteiger partial charge is 0.0708 e. The zero-order valence-electron chi connectivity index (χ0n) is 17.9. The molecule has 0 aliphatic heterocycles. The molecule has 0 saturated heterocycles. The molecule has 30 heavy (non-hydrogen) atoms. The average Bonchev–Trinajstić information content (AvgIpc) is 2.84. The van der Waals surface area contributed by atoms with Crippen molar-refractivity contribution in [2.24, 2.45) is 0 Å². The summed E-state index contributed by atoms with van der Waals surface area (Å²) >= 11 is 0. The second-order valence-corrected chi connectivity index (χ2v) is 7.56. The molecule has 0 amide bonds. The molecule has 0 bridgehead atoms. The lowest BCUT2D eigenvalue weighted by Gasteiger charge is -2.14. The molecule has 5 rings (SSSR count). The molecular weight excluding hydrogens is 362 g/mol. The molecule has 5 aromatic rings. The minimum atomic E-state index is -0.826. The summed E-state index contributed by atoms with van der Waals surface area (Å²) in [7, 11) is 0. The topological polar surface area (TPSA) is 12.9 Å². The predicted molar refractivity (Wildman–Crippen MR) is 127 cm³/mol. The Labute approximate surface area is 179 Å². The third-order valence-electron chi connectivity index (χ3n) is 5.64. The Morgan fingerprint density at radius 3 is 2.20 bits per heavy atom. The molecule has 1 atom stereocenters. The highest BCUT2D eigenvalue weighted by molar-refractivity contribution is 5.87. The van der Waals surface area contributed by atoms with Crippen molar-refractivity contribution >= 4 is 10.8 Å². The Morgan fingerprint density at radius 1 is 0.600 bits per heavy atom. The molecule has 1 unspecified atom stereocenters. The van der Waals surface area contributed by atoms with Gasteiger partial charge in [0.25, 0.3) is 0 Å². The Bertz CT molecular complexity index is 1360. The Hall–Kier alpha value is -3.71. The van der Waals surface area contributed by atoms with Crippen LogP contribution in [0.4, 0.5) is 0 Å². The standard InChI is InChI=1S/C29H23N/c1-21(22-8-3-2-4-9-22)24-12-7-13-28(18-24)29-20-27(16-17-30-29)26-15-14-23-10-5-6-11-25(23)19-26/h2-21H,1H3/i21D. The summed E-state index contributed by atoms with van der Waals surface area (Å²) in [6.07, 6.45) is 1.86. The number of fused-ring (bicyclic) bond motifs is 1. The van der Waals surface area contributed by atoms with E-state index in [1.165, 1.54) is 16.3 Å². The first-order valence-corrected chi connectivity index (χ1v) is 10.2. The molecule has 0 spiro atoms. The summed E-state index contributed by atoms with van der Waals surface area (Å²) in [5.74, 6) is -0.826. The normalized spacial score (nSPS) is 13.6. The van der Waals surface area contributed by atoms with Crippen LogP contribution < -0.4 is 0 Å². The molecule has 1 aromatic heterocycles. The van der Waals surface area contributed by atoms with Gasteiger partial charge >= 0.3 is 0 Å². The van der Waals surface area contributed by atoms with Crippen LogP contribution in [0.1, 0.15) is 25.3 Å². The molecule has 0 aliphatic carbocycles. The van der Waals surface area contributed by atoms with E-state index in [0.717, 1.165) is 27.9 Å². The lowest BCUT2D eigenvalue weighted by atomic mass is 9.91. The van der Waals surface area contributed by atoms with Gasteiger partial charge in [0.15, 0.2) is 0 Å². The van der Waals surface area contributed by atoms with Crippen molar-refractivity contribution in [3.05, 3.63) is 127 Å². The lowest BCUT2D eigenvalue weighted by molar-refractivity contribution is 0.923. The van der Waals surface area contributed by atoms with Gasteiger partial charge in [-0.2, -0.15) is 0 Å². The van der Waals surface area contributed by atoms with E-state index in [0.29, 0.717) is 0 Å². The van der Waals surface area contributed by atoms with E-state index in [1.807, 2.05) is 55.6 Å². The molecule has 0 fully saturated rings. The van der Waals surface area contributed by atoms with Crippen molar-refractivity contribution < 1.29 is 1.37 Å². The van der Waals surface area contributed by atoms with Crippen molar-refractivity contribution in [3.8, 4) is 22.4 Å². The highest BCUT2D eigenvalue weighted by atomic mass is 14.7. The van der Waals surface area contributed by atoms with Crippen molar-refractivity contribution in [1.29, 1.82) is 0 Å². The summed E-state index contributed by atoms with van der Waals surface area (Å²) in [5, 5.41) is 2.47. The number of hydrogen-bond acceptors (Lipinski definition) is 1. The van der Waals surface area contributed by atoms with Crippen LogP contribution in [0.15, 0.2) is 115 Å². The second kappa shape index (κ2) is 7.96. The fraction of sp³-hybridized carbons (Fsp3) is 0.0690. The van der Waals surface area contributed by atoms with Gasteiger partial charge in [0.1, 0.15) is 0 Å². The maximum Gasteiger partial charge on any atom is 0.0708 e. The maximum atomic E-state index is 9.00. The number of aromatic nitrogens is 1. The van der Waals surface area contributed by atoms with Gasteiger partial charge in [-0.05, 0) is 57.3 Å². The largest absolute Gasteiger partial charge is 0.256 e. The first-order valence-electron chi connectivity index (χ1n) is 10.7. The summed E-state index contributed by atoms with van der Waals surface area (Å²) in [5.41, 5.74) is 6.18. The molecule has 144 valence electrons. The van der Waals surface area contributed by atoms with E-state index in [1.54, 1.807) is 0 Å². The molecule has 0 radical (unpaired) electrons. The monoisotopic (exact) mass is 386 g/mol. The van der Waals surface area contributed by atoms with Crippen LogP contribution in [0.5, 0.6) is 0 Å². The Balaban J connectivity index is 1.53. The molecular formula is C29H23N. The Morgan fingerprint density at radius 2 is 1.33 bits per heavy atom. The molecule has 1 nitrogen and oxygen atoms in total. The fourth-order valence-corrected chi connectivity index (χ4v) is 3.90. The molecule has 1 heteroatoms. The predicted octanol–water partition coefficient (Wildman–Crippen LogP) is 7.72. The van der Waals surface area contributed by atoms with Crippen molar-refractivity contribution in [3.63, 3.8) is 0 Å². The number of hydrogen-bond donors (Lipinski definition) is 0. The van der Waals surface area contributed by atoms with E-state index in [9.17, 15) is 0 Å². The lowest BCUT2D eigenvalue weighted by Crippen LogP contribution is -1.96. The van der Waals surface area contributed by atoms with Crippen molar-refractivity contribution in [2.45, 2.75) is 12.8 Å². The zero-order chi connectivity index (χ0) is 21.3. The number of benzene rings is 4. The SMILES string of the molecule is [2H]C(C)(c1ccccc1)c1cccc(-c2cc(-c3ccc4ccccc4c3)ccn2)c1. The van der Waals surface area contributed by atoms with Gasteiger partial charge in [0, 0.05) is 19.0 Å². The van der Waals surface area contributed by atoms with Crippen LogP contribution in [0.25, 0.3) is 33.2 Å². The van der Waals surface area contributed by atoms with Crippen molar-refractivity contribution in [2.75, 3.05) is 0 Å². The third-order valence-corrected chi connectivity index (χ3v) is 5.64. The third kappa shape index (κ3) is 3.62. The van der Waals surface area contributed by atoms with Gasteiger partial charge in [0.2, 0.25) is 0 Å². The average molecular weight is 387 g/mol. The fourth-order valence-electron chi connectivity index (χ4n) is 3.90. The summed E-state index contributed by atoms with van der Waals surface area (Å²) in [6, 6.07) is 37.3. The summed E-state index contributed by atoms with van der Waals surface area (Å²) in [6.45, 7) is 1.94. The molecule has 0 aliphatic rings. The van der Waals surface area contributed by atoms with Crippen LogP contribution in [0.2, 0.25) is 0 Å². The highest BCUT2D eigenvalue weighted by Crippen LogP contribution is 2.30. The quantitative estimate of drug-likeness (QED) is 0.308. The van der Waals surface area contributed by atoms with Crippen LogP contribution in [-0.2, 0) is 0 Å². The van der Waals surface area contributed by atoms with Gasteiger partial charge in [0.05, 0.1) is 5.69 Å². The van der Waals surface area contributed by atoms with Crippen LogP contribution in [0, 0.1) is 0 Å². The Kier molecular flexibility index (Phi) is 4.56. The van der Waals surface area contributed by atoms with Gasteiger partial charge in [-0.15, -0.1) is 0 Å². The van der Waals surface area contributed by atoms with Gasteiger partial charge < -0.3 is 0 Å². The molecule has 0 saturated carbocycles. The van der Waals surface area contributed by atoms with Crippen molar-refractivity contribution in [1.82, 2.24) is 4.98 Å². The van der Waals surface area contributed by atoms with Crippen LogP contribution in [0.3, 0.4) is 0 Å². The molecule has 4 aromatic carbocycles. The number of pyridine rings is 1. The summed E-state index contributed by atoms with van der Waals surface area (Å²) < 4.78 is 9.00. The number of nitrogens with zero attached hydrogens (tertiary/aromatic N) is 1. The van der Waals surface area contributed by atoms with E-state index >= 15 is 0 Å². The van der Waals surface area contributed by atoms with Gasteiger partial charge in [-0.3, -0.25) is 4.98 Å². The minimum absolute atomic E-state index is 0.826. The van der Waals surface area contributed by atoms with Crippen LogP contribution >= 0.6 is 0 Å². The molecule has 0 N–H and O–H groups in total. The van der Waals surface area contributed by atoms with Gasteiger partial charge in [-0.25, -0.2) is 0 Å². The van der Waals surface area contributed by atoms with E-state index in [4.69, 9.17) is 1.37 Å². The first kappa shape index (κ1) is 17.2. The van der Waals surface area contributed by atoms with Gasteiger partial charge in [-0.1, -0.05) is 91.9 Å². The summed E-state index contributed by atoms with van der Waals surface area (Å²) in [4.78, 5) is 4.63. The van der Waals surface area contributed by atoms with E-state index < -0.39 is 5.89 Å².